The second-order valence-electron chi connectivity index (χ2n) is 7.12. The summed E-state index contributed by atoms with van der Waals surface area (Å²) in [7, 11) is 1.43. The summed E-state index contributed by atoms with van der Waals surface area (Å²) in [5.74, 6) is -1.23. The van der Waals surface area contributed by atoms with Gasteiger partial charge in [-0.2, -0.15) is 4.80 Å². The first-order valence-corrected chi connectivity index (χ1v) is 10.1. The third kappa shape index (κ3) is 6.62. The number of carbonyl (C=O) groups excluding carboxylic acids is 1. The Labute approximate surface area is 189 Å². The molecule has 0 saturated heterocycles. The number of aliphatic carboxylic acids is 1. The van der Waals surface area contributed by atoms with Crippen LogP contribution in [0.25, 0.3) is 11.4 Å². The highest BCUT2D eigenvalue weighted by Crippen LogP contribution is 2.18. The number of nitrogens with zero attached hydrogens (tertiary/aromatic N) is 6. The van der Waals surface area contributed by atoms with Crippen LogP contribution in [0.1, 0.15) is 21.7 Å². The van der Waals surface area contributed by atoms with Crippen LogP contribution in [-0.4, -0.2) is 73.6 Å². The average molecular weight is 455 g/mol. The number of hydroxylamine groups is 2. The molecule has 1 amide bonds. The fraction of sp³-hybridized carbons (Fsp3) is 0.333. The summed E-state index contributed by atoms with van der Waals surface area (Å²) >= 11 is 0. The van der Waals surface area contributed by atoms with Gasteiger partial charge in [0, 0.05) is 11.3 Å². The molecule has 0 spiro atoms. The number of aryl methyl sites for hydroxylation is 1. The molecule has 1 aromatic carbocycles. The molecule has 174 valence electrons. The minimum absolute atomic E-state index is 0.120. The molecule has 0 fully saturated rings. The standard InChI is InChI=1S/C21H25N7O5/c1-14-10-16(19-24-26-28(25-19)8-9-33-13-17(22)21(30)31)11-18(23-14)20(29)27(32-2)12-15-6-4-3-5-7-15/h3-7,10-11,17H,8-9,12-13,22H2,1-2H3,(H,30,31). The van der Waals surface area contributed by atoms with E-state index >= 15 is 0 Å². The molecule has 0 bridgehead atoms. The van der Waals surface area contributed by atoms with E-state index in [0.29, 0.717) is 17.1 Å². The summed E-state index contributed by atoms with van der Waals surface area (Å²) < 4.78 is 5.22. The number of nitrogens with two attached hydrogens (primary N) is 1. The number of ether oxygens (including phenoxy) is 1. The molecule has 3 aromatic rings. The Kier molecular flexibility index (Phi) is 8.13. The molecule has 3 N–H and O–H groups in total. The maximum atomic E-state index is 13.0. The predicted molar refractivity (Wildman–Crippen MR) is 116 cm³/mol. The molecule has 0 radical (unpaired) electrons. The van der Waals surface area contributed by atoms with Crippen molar-refractivity contribution < 1.29 is 24.3 Å². The Morgan fingerprint density at radius 3 is 2.70 bits per heavy atom. The first-order valence-electron chi connectivity index (χ1n) is 10.1. The summed E-state index contributed by atoms with van der Waals surface area (Å²) in [6.07, 6.45) is 0. The molecule has 2 aromatic heterocycles. The van der Waals surface area contributed by atoms with E-state index in [4.69, 9.17) is 20.4 Å². The van der Waals surface area contributed by atoms with E-state index in [2.05, 4.69) is 20.4 Å². The van der Waals surface area contributed by atoms with Gasteiger partial charge < -0.3 is 15.6 Å². The highest BCUT2D eigenvalue weighted by molar-refractivity contribution is 5.92. The average Bonchev–Trinajstić information content (AvgIpc) is 3.29. The highest BCUT2D eigenvalue weighted by atomic mass is 16.7. The smallest absolute Gasteiger partial charge is 0.322 e. The number of benzene rings is 1. The van der Waals surface area contributed by atoms with Crippen LogP contribution in [0, 0.1) is 6.92 Å². The molecular weight excluding hydrogens is 430 g/mol. The van der Waals surface area contributed by atoms with Crippen molar-refractivity contribution in [3.8, 4) is 11.4 Å². The number of carboxylic acid groups (broad SMARTS) is 1. The number of amides is 1. The molecular formula is C21H25N7O5. The van der Waals surface area contributed by atoms with Gasteiger partial charge in [-0.3, -0.25) is 14.4 Å². The Morgan fingerprint density at radius 1 is 1.24 bits per heavy atom. The van der Waals surface area contributed by atoms with E-state index in [-0.39, 0.29) is 32.0 Å². The van der Waals surface area contributed by atoms with Gasteiger partial charge in [-0.25, -0.2) is 10.0 Å². The Hall–Kier alpha value is -3.74. The third-order valence-corrected chi connectivity index (χ3v) is 4.55. The fourth-order valence-corrected chi connectivity index (χ4v) is 2.88. The number of rotatable bonds is 11. The minimum Gasteiger partial charge on any atom is -0.480 e. The van der Waals surface area contributed by atoms with E-state index in [1.54, 1.807) is 19.1 Å². The largest absolute Gasteiger partial charge is 0.480 e. The summed E-state index contributed by atoms with van der Waals surface area (Å²) in [6.45, 7) is 2.33. The lowest BCUT2D eigenvalue weighted by molar-refractivity contribution is -0.140. The van der Waals surface area contributed by atoms with Crippen LogP contribution in [0.15, 0.2) is 42.5 Å². The Bertz CT molecular complexity index is 1090. The molecule has 3 rings (SSSR count). The van der Waals surface area contributed by atoms with Gasteiger partial charge in [0.2, 0.25) is 5.82 Å². The number of carboxylic acids is 1. The lowest BCUT2D eigenvalue weighted by Gasteiger charge is -2.19. The van der Waals surface area contributed by atoms with Crippen molar-refractivity contribution in [2.24, 2.45) is 5.73 Å². The van der Waals surface area contributed by atoms with Crippen LogP contribution in [0.4, 0.5) is 0 Å². The number of pyridine rings is 1. The Morgan fingerprint density at radius 2 is 2.00 bits per heavy atom. The summed E-state index contributed by atoms with van der Waals surface area (Å²) in [5.41, 5.74) is 7.66. The van der Waals surface area contributed by atoms with E-state index < -0.39 is 17.9 Å². The molecule has 0 aliphatic carbocycles. The second kappa shape index (κ2) is 11.2. The summed E-state index contributed by atoms with van der Waals surface area (Å²) in [5, 5.41) is 22.3. The van der Waals surface area contributed by atoms with Crippen LogP contribution in [0.2, 0.25) is 0 Å². The molecule has 33 heavy (non-hydrogen) atoms. The molecule has 12 heteroatoms. The lowest BCUT2D eigenvalue weighted by atomic mass is 10.1. The summed E-state index contributed by atoms with van der Waals surface area (Å²) in [4.78, 5) is 34.6. The number of tetrazole rings is 1. The highest BCUT2D eigenvalue weighted by Gasteiger charge is 2.20. The molecule has 12 nitrogen and oxygen atoms in total. The van der Waals surface area contributed by atoms with Crippen molar-refractivity contribution >= 4 is 11.9 Å². The number of aromatic nitrogens is 5. The van der Waals surface area contributed by atoms with E-state index in [9.17, 15) is 9.59 Å². The monoisotopic (exact) mass is 455 g/mol. The van der Waals surface area contributed by atoms with Gasteiger partial charge in [0.25, 0.3) is 5.91 Å². The molecule has 0 aliphatic heterocycles. The van der Waals surface area contributed by atoms with Gasteiger partial charge in [0.05, 0.1) is 33.4 Å². The zero-order chi connectivity index (χ0) is 23.8. The van der Waals surface area contributed by atoms with Gasteiger partial charge in [0.1, 0.15) is 11.7 Å². The first kappa shape index (κ1) is 23.9. The number of carbonyl (C=O) groups is 2. The number of hydrogen-bond donors (Lipinski definition) is 2. The van der Waals surface area contributed by atoms with Crippen molar-refractivity contribution in [3.63, 3.8) is 0 Å². The summed E-state index contributed by atoms with van der Waals surface area (Å²) in [6, 6.07) is 11.7. The van der Waals surface area contributed by atoms with Gasteiger partial charge in [-0.15, -0.1) is 10.2 Å². The van der Waals surface area contributed by atoms with E-state index in [1.165, 1.54) is 17.0 Å². The van der Waals surface area contributed by atoms with Gasteiger partial charge >= 0.3 is 5.97 Å². The van der Waals surface area contributed by atoms with Crippen molar-refractivity contribution in [2.75, 3.05) is 20.3 Å². The zero-order valence-electron chi connectivity index (χ0n) is 18.3. The number of hydrogen-bond acceptors (Lipinski definition) is 9. The molecule has 2 heterocycles. The predicted octanol–water partition coefficient (Wildman–Crippen LogP) is 0.676. The van der Waals surface area contributed by atoms with E-state index in [1.807, 2.05) is 30.3 Å². The molecule has 0 saturated carbocycles. The van der Waals surface area contributed by atoms with Crippen LogP contribution < -0.4 is 5.73 Å². The van der Waals surface area contributed by atoms with Crippen molar-refractivity contribution in [1.82, 2.24) is 30.3 Å². The van der Waals surface area contributed by atoms with E-state index in [0.717, 1.165) is 5.56 Å². The molecule has 1 atom stereocenters. The van der Waals surface area contributed by atoms with Gasteiger partial charge in [-0.05, 0) is 29.8 Å². The molecule has 0 aliphatic rings. The molecule has 1 unspecified atom stereocenters. The topological polar surface area (TPSA) is 159 Å². The third-order valence-electron chi connectivity index (χ3n) is 4.55. The lowest BCUT2D eigenvalue weighted by Crippen LogP contribution is -2.35. The maximum Gasteiger partial charge on any atom is 0.322 e. The van der Waals surface area contributed by atoms with Crippen molar-refractivity contribution in [3.05, 3.63) is 59.4 Å². The van der Waals surface area contributed by atoms with Crippen LogP contribution in [0.3, 0.4) is 0 Å². The second-order valence-corrected chi connectivity index (χ2v) is 7.12. The quantitative estimate of drug-likeness (QED) is 0.311. The van der Waals surface area contributed by atoms with Gasteiger partial charge in [-0.1, -0.05) is 30.3 Å². The van der Waals surface area contributed by atoms with Crippen LogP contribution in [0.5, 0.6) is 0 Å². The van der Waals surface area contributed by atoms with Crippen LogP contribution >= 0.6 is 0 Å². The van der Waals surface area contributed by atoms with Crippen molar-refractivity contribution in [1.29, 1.82) is 0 Å². The maximum absolute atomic E-state index is 13.0. The van der Waals surface area contributed by atoms with Gasteiger partial charge in [0.15, 0.2) is 0 Å². The zero-order valence-corrected chi connectivity index (χ0v) is 18.3. The minimum atomic E-state index is -1.13. The van der Waals surface area contributed by atoms with Crippen LogP contribution in [-0.2, 0) is 27.5 Å². The fourth-order valence-electron chi connectivity index (χ4n) is 2.88. The normalized spacial score (nSPS) is 11.8. The van der Waals surface area contributed by atoms with Crippen molar-refractivity contribution in [2.45, 2.75) is 26.1 Å². The first-order chi connectivity index (χ1) is 15.9. The SMILES string of the molecule is CON(Cc1ccccc1)C(=O)c1cc(-c2nnn(CCOCC(N)C(=O)O)n2)cc(C)n1. The Balaban J connectivity index is 1.68.